The van der Waals surface area contributed by atoms with E-state index in [2.05, 4.69) is 12.2 Å². The lowest BCUT2D eigenvalue weighted by Gasteiger charge is -2.22. The molecule has 0 spiro atoms. The molecule has 0 bridgehead atoms. The zero-order valence-electron chi connectivity index (χ0n) is 16.3. The summed E-state index contributed by atoms with van der Waals surface area (Å²) in [7, 11) is 1.72. The van der Waals surface area contributed by atoms with Crippen LogP contribution < -0.4 is 15.0 Å². The van der Waals surface area contributed by atoms with Crippen molar-refractivity contribution in [2.75, 3.05) is 18.5 Å². The van der Waals surface area contributed by atoms with E-state index in [0.29, 0.717) is 24.4 Å². The Morgan fingerprint density at radius 2 is 1.78 bits per heavy atom. The first-order valence-corrected chi connectivity index (χ1v) is 9.48. The van der Waals surface area contributed by atoms with Crippen LogP contribution in [0.5, 0.6) is 5.75 Å². The third kappa shape index (κ3) is 5.84. The smallest absolute Gasteiger partial charge is 0.321 e. The second kappa shape index (κ2) is 10.4. The second-order valence-electron chi connectivity index (χ2n) is 6.37. The van der Waals surface area contributed by atoms with Crippen LogP contribution in [0.15, 0.2) is 48.5 Å². The van der Waals surface area contributed by atoms with Crippen LogP contribution in [-0.2, 0) is 4.79 Å². The Morgan fingerprint density at radius 1 is 1.04 bits per heavy atom. The van der Waals surface area contributed by atoms with Gasteiger partial charge in [-0.15, -0.1) is 0 Å². The van der Waals surface area contributed by atoms with Crippen LogP contribution in [0.1, 0.15) is 39.5 Å². The average Bonchev–Trinajstić information content (AvgIpc) is 2.71. The molecular formula is C22H28N2O3. The molecule has 0 fully saturated rings. The van der Waals surface area contributed by atoms with Crippen molar-refractivity contribution in [2.24, 2.45) is 0 Å². The Labute approximate surface area is 161 Å². The number of benzene rings is 2. The van der Waals surface area contributed by atoms with E-state index in [9.17, 15) is 9.59 Å². The number of nitrogens with one attached hydrogen (secondary N) is 1. The minimum Gasteiger partial charge on any atom is -0.426 e. The van der Waals surface area contributed by atoms with Gasteiger partial charge in [0.05, 0.1) is 5.69 Å². The molecule has 0 radical (unpaired) electrons. The lowest BCUT2D eigenvalue weighted by molar-refractivity contribution is -0.134. The quantitative estimate of drug-likeness (QED) is 0.405. The minimum absolute atomic E-state index is 0.178. The van der Waals surface area contributed by atoms with Gasteiger partial charge in [-0.1, -0.05) is 57.0 Å². The predicted molar refractivity (Wildman–Crippen MR) is 109 cm³/mol. The molecule has 0 saturated heterocycles. The number of carbonyl (C=O) groups excluding carboxylic acids is 2. The van der Waals surface area contributed by atoms with Crippen LogP contribution in [-0.4, -0.2) is 25.6 Å². The molecule has 0 saturated carbocycles. The molecule has 5 heteroatoms. The van der Waals surface area contributed by atoms with Crippen molar-refractivity contribution in [2.45, 2.75) is 39.5 Å². The highest BCUT2D eigenvalue weighted by molar-refractivity contribution is 5.96. The fourth-order valence-electron chi connectivity index (χ4n) is 2.72. The van der Waals surface area contributed by atoms with E-state index in [1.54, 1.807) is 31.0 Å². The molecule has 0 aliphatic carbocycles. The maximum absolute atomic E-state index is 12.6. The standard InChI is InChI=1S/C22H28N2O3/c1-4-6-10-15-23-22(26)24(3)20-16-18(27-21(25)5-2)13-14-19(20)17-11-8-7-9-12-17/h7-9,11-14,16H,4-6,10,15H2,1-3H3,(H,23,26). The molecule has 1 N–H and O–H groups in total. The van der Waals surface area contributed by atoms with Crippen molar-refractivity contribution in [3.8, 4) is 16.9 Å². The molecule has 0 atom stereocenters. The average molecular weight is 368 g/mol. The first-order valence-electron chi connectivity index (χ1n) is 9.48. The van der Waals surface area contributed by atoms with Crippen molar-refractivity contribution >= 4 is 17.7 Å². The van der Waals surface area contributed by atoms with E-state index >= 15 is 0 Å². The van der Waals surface area contributed by atoms with Gasteiger partial charge in [-0.2, -0.15) is 0 Å². The summed E-state index contributed by atoms with van der Waals surface area (Å²) in [5.41, 5.74) is 2.58. The number of urea groups is 1. The lowest BCUT2D eigenvalue weighted by atomic mass is 10.0. The Kier molecular flexibility index (Phi) is 7.86. The fourth-order valence-corrected chi connectivity index (χ4v) is 2.72. The first kappa shape index (κ1) is 20.5. The number of amides is 2. The largest absolute Gasteiger partial charge is 0.426 e. The summed E-state index contributed by atoms with van der Waals surface area (Å²) in [6.07, 6.45) is 3.44. The Balaban J connectivity index is 2.30. The SMILES string of the molecule is CCCCCNC(=O)N(C)c1cc(OC(=O)CC)ccc1-c1ccccc1. The molecule has 0 aliphatic rings. The summed E-state index contributed by atoms with van der Waals surface area (Å²) < 4.78 is 5.34. The molecule has 27 heavy (non-hydrogen) atoms. The molecule has 2 aromatic carbocycles. The highest BCUT2D eigenvalue weighted by Gasteiger charge is 2.17. The minimum atomic E-state index is -0.305. The summed E-state index contributed by atoms with van der Waals surface area (Å²) in [5.74, 6) is 0.127. The van der Waals surface area contributed by atoms with Gasteiger partial charge in [0.1, 0.15) is 5.75 Å². The van der Waals surface area contributed by atoms with E-state index in [0.717, 1.165) is 30.4 Å². The summed E-state index contributed by atoms with van der Waals surface area (Å²) in [4.78, 5) is 25.8. The summed E-state index contributed by atoms with van der Waals surface area (Å²) in [6.45, 7) is 4.52. The Morgan fingerprint density at radius 3 is 2.44 bits per heavy atom. The van der Waals surface area contributed by atoms with Gasteiger partial charge in [0.2, 0.25) is 0 Å². The number of esters is 1. The fraction of sp³-hybridized carbons (Fsp3) is 0.364. The molecule has 0 aliphatic heterocycles. The molecule has 2 amide bonds. The number of ether oxygens (including phenoxy) is 1. The zero-order chi connectivity index (χ0) is 19.6. The number of nitrogens with zero attached hydrogens (tertiary/aromatic N) is 1. The molecule has 0 aromatic heterocycles. The number of unbranched alkanes of at least 4 members (excludes halogenated alkanes) is 2. The van der Waals surface area contributed by atoms with Crippen molar-refractivity contribution in [3.05, 3.63) is 48.5 Å². The Hall–Kier alpha value is -2.82. The normalized spacial score (nSPS) is 10.3. The lowest BCUT2D eigenvalue weighted by Crippen LogP contribution is -2.38. The van der Waals surface area contributed by atoms with Crippen LogP contribution in [0, 0.1) is 0 Å². The number of rotatable bonds is 8. The van der Waals surface area contributed by atoms with Gasteiger partial charge in [0, 0.05) is 31.6 Å². The molecular weight excluding hydrogens is 340 g/mol. The van der Waals surface area contributed by atoms with Crippen LogP contribution in [0.25, 0.3) is 11.1 Å². The molecule has 0 heterocycles. The number of hydrogen-bond acceptors (Lipinski definition) is 3. The van der Waals surface area contributed by atoms with E-state index in [1.165, 1.54) is 0 Å². The molecule has 144 valence electrons. The van der Waals surface area contributed by atoms with E-state index in [-0.39, 0.29) is 12.0 Å². The topological polar surface area (TPSA) is 58.6 Å². The first-order chi connectivity index (χ1) is 13.1. The predicted octanol–water partition coefficient (Wildman–Crippen LogP) is 5.01. The van der Waals surface area contributed by atoms with Crippen molar-refractivity contribution in [1.29, 1.82) is 0 Å². The summed E-state index contributed by atoms with van der Waals surface area (Å²) in [6, 6.07) is 15.0. The van der Waals surface area contributed by atoms with E-state index in [4.69, 9.17) is 4.74 Å². The van der Waals surface area contributed by atoms with Gasteiger partial charge in [0.25, 0.3) is 0 Å². The van der Waals surface area contributed by atoms with Gasteiger partial charge in [0.15, 0.2) is 0 Å². The van der Waals surface area contributed by atoms with Gasteiger partial charge < -0.3 is 10.1 Å². The molecule has 0 unspecified atom stereocenters. The molecule has 2 aromatic rings. The monoisotopic (exact) mass is 368 g/mol. The van der Waals surface area contributed by atoms with Crippen LogP contribution >= 0.6 is 0 Å². The van der Waals surface area contributed by atoms with Crippen LogP contribution in [0.4, 0.5) is 10.5 Å². The van der Waals surface area contributed by atoms with Crippen LogP contribution in [0.2, 0.25) is 0 Å². The van der Waals surface area contributed by atoms with Gasteiger partial charge in [-0.3, -0.25) is 9.69 Å². The maximum Gasteiger partial charge on any atom is 0.321 e. The maximum atomic E-state index is 12.6. The van der Waals surface area contributed by atoms with E-state index < -0.39 is 0 Å². The zero-order valence-corrected chi connectivity index (χ0v) is 16.3. The van der Waals surface area contributed by atoms with Crippen molar-refractivity contribution in [3.63, 3.8) is 0 Å². The molecule has 5 nitrogen and oxygen atoms in total. The van der Waals surface area contributed by atoms with Crippen LogP contribution in [0.3, 0.4) is 0 Å². The Bertz CT molecular complexity index is 759. The number of carbonyl (C=O) groups is 2. The highest BCUT2D eigenvalue weighted by atomic mass is 16.5. The third-order valence-corrected chi connectivity index (χ3v) is 4.30. The molecule has 2 rings (SSSR count). The van der Waals surface area contributed by atoms with E-state index in [1.807, 2.05) is 36.4 Å². The second-order valence-corrected chi connectivity index (χ2v) is 6.37. The third-order valence-electron chi connectivity index (χ3n) is 4.30. The van der Waals surface area contributed by atoms with Gasteiger partial charge in [-0.25, -0.2) is 4.79 Å². The van der Waals surface area contributed by atoms with Gasteiger partial charge in [-0.05, 0) is 24.1 Å². The number of anilines is 1. The summed E-state index contributed by atoms with van der Waals surface area (Å²) in [5, 5.41) is 2.95. The van der Waals surface area contributed by atoms with Crippen molar-refractivity contribution in [1.82, 2.24) is 5.32 Å². The summed E-state index contributed by atoms with van der Waals surface area (Å²) >= 11 is 0. The van der Waals surface area contributed by atoms with Gasteiger partial charge >= 0.3 is 12.0 Å². The highest BCUT2D eigenvalue weighted by Crippen LogP contribution is 2.34. The number of hydrogen-bond donors (Lipinski definition) is 1. The van der Waals surface area contributed by atoms with Crippen molar-refractivity contribution < 1.29 is 14.3 Å².